The van der Waals surface area contributed by atoms with Crippen molar-refractivity contribution in [2.75, 3.05) is 23.3 Å². The molecule has 3 aliphatic rings. The van der Waals surface area contributed by atoms with Gasteiger partial charge in [-0.15, -0.1) is 0 Å². The average Bonchev–Trinajstić information content (AvgIpc) is 3.13. The Kier molecular flexibility index (Phi) is 5.68. The molecule has 1 atom stereocenters. The first kappa shape index (κ1) is 22.9. The van der Waals surface area contributed by atoms with Gasteiger partial charge in [0.25, 0.3) is 11.9 Å². The quantitative estimate of drug-likeness (QED) is 0.538. The summed E-state index contributed by atoms with van der Waals surface area (Å²) in [5.41, 5.74) is -0.562. The van der Waals surface area contributed by atoms with E-state index in [1.54, 1.807) is 4.90 Å². The molecule has 5 rings (SSSR count). The van der Waals surface area contributed by atoms with E-state index in [-0.39, 0.29) is 23.2 Å². The van der Waals surface area contributed by atoms with Crippen molar-refractivity contribution < 1.29 is 35.9 Å². The minimum absolute atomic E-state index is 0.0759. The number of alkyl halides is 3. The lowest BCUT2D eigenvalue weighted by atomic mass is 10.1. The van der Waals surface area contributed by atoms with Gasteiger partial charge in [-0.2, -0.15) is 18.2 Å². The number of hydrogen-bond acceptors (Lipinski definition) is 5. The lowest BCUT2D eigenvalue weighted by Crippen LogP contribution is -2.20. The molecule has 184 valence electrons. The van der Waals surface area contributed by atoms with Crippen molar-refractivity contribution in [2.24, 2.45) is 5.41 Å². The Morgan fingerprint density at radius 2 is 1.85 bits per heavy atom. The van der Waals surface area contributed by atoms with Gasteiger partial charge in [0.1, 0.15) is 12.2 Å². The van der Waals surface area contributed by atoms with Gasteiger partial charge in [-0.05, 0) is 50.4 Å². The number of anilines is 2. The van der Waals surface area contributed by atoms with Gasteiger partial charge in [0.2, 0.25) is 0 Å². The maximum absolute atomic E-state index is 14.6. The second kappa shape index (κ2) is 8.42. The number of halogens is 5. The maximum atomic E-state index is 14.6. The van der Waals surface area contributed by atoms with E-state index < -0.39 is 47.3 Å². The number of nitrogens with one attached hydrogen (secondary N) is 1. The normalized spacial score (nSPS) is 21.3. The fourth-order valence-electron chi connectivity index (χ4n) is 4.85. The number of rotatable bonds is 6. The summed E-state index contributed by atoms with van der Waals surface area (Å²) >= 11 is 0. The number of benzene rings is 1. The lowest BCUT2D eigenvalue weighted by Gasteiger charge is -2.16. The fraction of sp³-hybridized carbons (Fsp3) is 0.565. The summed E-state index contributed by atoms with van der Waals surface area (Å²) in [6.45, 7) is 1.10. The van der Waals surface area contributed by atoms with E-state index in [4.69, 9.17) is 9.15 Å². The van der Waals surface area contributed by atoms with Crippen LogP contribution in [0.15, 0.2) is 16.5 Å². The average molecular weight is 485 g/mol. The molecule has 1 unspecified atom stereocenters. The third kappa shape index (κ3) is 4.83. The number of ether oxygens (including phenoxy) is 1. The van der Waals surface area contributed by atoms with Gasteiger partial charge in [-0.1, -0.05) is 0 Å². The number of carbonyl (C=O) groups excluding carboxylic acids is 1. The molecule has 0 bridgehead atoms. The van der Waals surface area contributed by atoms with E-state index in [2.05, 4.69) is 10.3 Å². The van der Waals surface area contributed by atoms with Crippen molar-refractivity contribution in [1.82, 2.24) is 4.98 Å². The van der Waals surface area contributed by atoms with Crippen LogP contribution in [0.4, 0.5) is 33.7 Å². The number of hydrogen-bond donors (Lipinski definition) is 1. The van der Waals surface area contributed by atoms with Crippen LogP contribution in [-0.2, 0) is 6.42 Å². The zero-order valence-corrected chi connectivity index (χ0v) is 18.3. The second-order valence-electron chi connectivity index (χ2n) is 9.46. The Bertz CT molecular complexity index is 1070. The highest BCUT2D eigenvalue weighted by atomic mass is 19.4. The number of oxazole rings is 1. The molecule has 2 heterocycles. The summed E-state index contributed by atoms with van der Waals surface area (Å²) in [6, 6.07) is 1.68. The van der Waals surface area contributed by atoms with Gasteiger partial charge < -0.3 is 19.4 Å². The summed E-state index contributed by atoms with van der Waals surface area (Å²) in [4.78, 5) is 18.3. The van der Waals surface area contributed by atoms with E-state index in [0.29, 0.717) is 13.1 Å². The molecule has 11 heteroatoms. The molecular weight excluding hydrogens is 461 g/mol. The van der Waals surface area contributed by atoms with Crippen LogP contribution in [0.1, 0.15) is 61.2 Å². The highest BCUT2D eigenvalue weighted by molar-refractivity contribution is 6.03. The lowest BCUT2D eigenvalue weighted by molar-refractivity contribution is -0.130. The molecule has 6 nitrogen and oxygen atoms in total. The van der Waals surface area contributed by atoms with Crippen molar-refractivity contribution in [3.63, 3.8) is 0 Å². The van der Waals surface area contributed by atoms with Crippen LogP contribution in [0.2, 0.25) is 0 Å². The molecule has 2 saturated carbocycles. The smallest absolute Gasteiger partial charge is 0.396 e. The van der Waals surface area contributed by atoms with Gasteiger partial charge in [-0.3, -0.25) is 4.79 Å². The monoisotopic (exact) mass is 485 g/mol. The molecule has 2 aliphatic carbocycles. The van der Waals surface area contributed by atoms with Crippen LogP contribution in [0.3, 0.4) is 0 Å². The summed E-state index contributed by atoms with van der Waals surface area (Å²) < 4.78 is 79.2. The van der Waals surface area contributed by atoms with Crippen molar-refractivity contribution in [2.45, 2.75) is 63.6 Å². The first-order valence-corrected chi connectivity index (χ1v) is 11.4. The van der Waals surface area contributed by atoms with Crippen LogP contribution in [0.25, 0.3) is 0 Å². The molecule has 3 fully saturated rings. The Balaban J connectivity index is 1.33. The van der Waals surface area contributed by atoms with Crippen LogP contribution < -0.4 is 15.0 Å². The maximum Gasteiger partial charge on any atom is 0.396 e. The van der Waals surface area contributed by atoms with E-state index in [1.807, 2.05) is 0 Å². The van der Waals surface area contributed by atoms with E-state index in [1.165, 1.54) is 0 Å². The number of amides is 1. The summed E-state index contributed by atoms with van der Waals surface area (Å²) in [5.74, 6) is -4.22. The van der Waals surface area contributed by atoms with E-state index in [9.17, 15) is 26.7 Å². The topological polar surface area (TPSA) is 67.6 Å². The Morgan fingerprint density at radius 1 is 1.18 bits per heavy atom. The fourth-order valence-corrected chi connectivity index (χ4v) is 4.85. The van der Waals surface area contributed by atoms with Crippen molar-refractivity contribution in [3.8, 4) is 5.75 Å². The number of carbonyl (C=O) groups is 1. The minimum atomic E-state index is -4.63. The van der Waals surface area contributed by atoms with Crippen LogP contribution >= 0.6 is 0 Å². The Morgan fingerprint density at radius 3 is 2.44 bits per heavy atom. The zero-order valence-electron chi connectivity index (χ0n) is 18.3. The van der Waals surface area contributed by atoms with Crippen LogP contribution in [0.5, 0.6) is 5.75 Å². The van der Waals surface area contributed by atoms with Crippen molar-refractivity contribution >= 4 is 17.6 Å². The molecule has 2 aromatic rings. The Labute approximate surface area is 192 Å². The van der Waals surface area contributed by atoms with Crippen molar-refractivity contribution in [3.05, 3.63) is 35.2 Å². The van der Waals surface area contributed by atoms with Gasteiger partial charge in [0.05, 0.1) is 6.10 Å². The number of aromatic nitrogens is 1. The molecule has 1 aliphatic heterocycles. The van der Waals surface area contributed by atoms with Crippen LogP contribution in [0, 0.1) is 17.0 Å². The summed E-state index contributed by atoms with van der Waals surface area (Å²) in [7, 11) is 0. The van der Waals surface area contributed by atoms with Gasteiger partial charge in [0.15, 0.2) is 23.1 Å². The second-order valence-corrected chi connectivity index (χ2v) is 9.46. The molecule has 1 saturated heterocycles. The predicted octanol–water partition coefficient (Wildman–Crippen LogP) is 5.62. The van der Waals surface area contributed by atoms with Crippen molar-refractivity contribution in [1.29, 1.82) is 0 Å². The molecule has 0 radical (unpaired) electrons. The first-order valence-electron chi connectivity index (χ1n) is 11.4. The standard InChI is InChI=1S/C23H24F5N3O3/c24-15-9-13(10-16(25)19(15)33-14-3-4-22(11-14)5-6-22)29-20(32)18-17(12-23(26,27)28)34-21(30-18)31-7-1-2-8-31/h9-10,14H,1-8,11-12H2,(H,29,32). The van der Waals surface area contributed by atoms with E-state index in [0.717, 1.165) is 57.1 Å². The zero-order chi connectivity index (χ0) is 24.1. The van der Waals surface area contributed by atoms with Gasteiger partial charge >= 0.3 is 6.18 Å². The largest absolute Gasteiger partial charge is 0.484 e. The Hall–Kier alpha value is -2.85. The molecule has 1 aromatic heterocycles. The first-order chi connectivity index (χ1) is 16.1. The third-order valence-corrected chi connectivity index (χ3v) is 6.79. The molecule has 1 N–H and O–H groups in total. The summed E-state index contributed by atoms with van der Waals surface area (Å²) in [6.07, 6.45) is -0.0460. The van der Waals surface area contributed by atoms with E-state index >= 15 is 0 Å². The van der Waals surface area contributed by atoms with Gasteiger partial charge in [0, 0.05) is 30.9 Å². The molecule has 1 aromatic carbocycles. The van der Waals surface area contributed by atoms with Crippen LogP contribution in [-0.4, -0.2) is 36.3 Å². The third-order valence-electron chi connectivity index (χ3n) is 6.79. The minimum Gasteiger partial charge on any atom is -0.484 e. The molecule has 1 spiro atoms. The molecule has 34 heavy (non-hydrogen) atoms. The summed E-state index contributed by atoms with van der Waals surface area (Å²) in [5, 5.41) is 2.23. The predicted molar refractivity (Wildman–Crippen MR) is 112 cm³/mol. The highest BCUT2D eigenvalue weighted by Gasteiger charge is 2.49. The molecular formula is C23H24F5N3O3. The van der Waals surface area contributed by atoms with Gasteiger partial charge in [-0.25, -0.2) is 8.78 Å². The highest BCUT2D eigenvalue weighted by Crippen LogP contribution is 2.58. The SMILES string of the molecule is O=C(Nc1cc(F)c(OC2CCC3(CC3)C2)c(F)c1)c1nc(N2CCCC2)oc1CC(F)(F)F. The number of nitrogens with zero attached hydrogens (tertiary/aromatic N) is 2. The molecule has 1 amide bonds.